The van der Waals surface area contributed by atoms with Crippen LogP contribution in [-0.4, -0.2) is 34.9 Å². The predicted molar refractivity (Wildman–Crippen MR) is 103 cm³/mol. The Bertz CT molecular complexity index is 790. The molecule has 5 nitrogen and oxygen atoms in total. The van der Waals surface area contributed by atoms with Gasteiger partial charge < -0.3 is 10.1 Å². The minimum absolute atomic E-state index is 0.287. The highest BCUT2D eigenvalue weighted by Crippen LogP contribution is 2.28. The normalized spacial score (nSPS) is 11.5. The number of thioether (sulfide) groups is 1. The molecule has 0 aliphatic heterocycles. The summed E-state index contributed by atoms with van der Waals surface area (Å²) in [6, 6.07) is 12.9. The highest BCUT2D eigenvalue weighted by molar-refractivity contribution is 7.98. The molecule has 7 heteroatoms. The summed E-state index contributed by atoms with van der Waals surface area (Å²) in [7, 11) is -1.80. The van der Waals surface area contributed by atoms with Crippen molar-refractivity contribution in [3.8, 4) is 5.75 Å². The summed E-state index contributed by atoms with van der Waals surface area (Å²) in [5.74, 6) is 0.854. The zero-order valence-electron chi connectivity index (χ0n) is 14.7. The lowest BCUT2D eigenvalue weighted by molar-refractivity contribution is 0.404. The van der Waals surface area contributed by atoms with E-state index < -0.39 is 10.0 Å². The fraction of sp³-hybridized carbons (Fsp3) is 0.333. The third kappa shape index (κ3) is 5.74. The molecule has 0 aromatic heterocycles. The Hall–Kier alpha value is -1.54. The van der Waals surface area contributed by atoms with Gasteiger partial charge in [0.15, 0.2) is 0 Å². The molecule has 25 heavy (non-hydrogen) atoms. The molecule has 0 radical (unpaired) electrons. The number of hydrogen-bond donors (Lipinski definition) is 2. The SMILES string of the molecule is COc1cc(CNCCNS(=O)(=O)c2ccc(C)cc2)ccc1SC. The van der Waals surface area contributed by atoms with Gasteiger partial charge >= 0.3 is 0 Å². The van der Waals surface area contributed by atoms with Crippen LogP contribution in [-0.2, 0) is 16.6 Å². The van der Waals surface area contributed by atoms with Crippen molar-refractivity contribution in [3.05, 3.63) is 53.6 Å². The van der Waals surface area contributed by atoms with Crippen LogP contribution in [0.2, 0.25) is 0 Å². The number of benzene rings is 2. The number of nitrogens with one attached hydrogen (secondary N) is 2. The van der Waals surface area contributed by atoms with Gasteiger partial charge in [0.2, 0.25) is 10.0 Å². The highest BCUT2D eigenvalue weighted by Gasteiger charge is 2.12. The summed E-state index contributed by atoms with van der Waals surface area (Å²) in [5, 5.41) is 3.23. The first-order valence-corrected chi connectivity index (χ1v) is 10.6. The molecule has 2 aromatic carbocycles. The fourth-order valence-electron chi connectivity index (χ4n) is 2.30. The van der Waals surface area contributed by atoms with Crippen molar-refractivity contribution in [1.29, 1.82) is 0 Å². The molecule has 0 aliphatic rings. The zero-order chi connectivity index (χ0) is 18.3. The molecule has 136 valence electrons. The smallest absolute Gasteiger partial charge is 0.240 e. The monoisotopic (exact) mass is 380 g/mol. The Morgan fingerprint density at radius 1 is 1.08 bits per heavy atom. The summed E-state index contributed by atoms with van der Waals surface area (Å²) >= 11 is 1.64. The number of hydrogen-bond acceptors (Lipinski definition) is 5. The van der Waals surface area contributed by atoms with E-state index in [1.165, 1.54) is 0 Å². The van der Waals surface area contributed by atoms with Crippen LogP contribution < -0.4 is 14.8 Å². The van der Waals surface area contributed by atoms with Crippen molar-refractivity contribution in [2.75, 3.05) is 26.5 Å². The lowest BCUT2D eigenvalue weighted by atomic mass is 10.2. The first-order valence-electron chi connectivity index (χ1n) is 7.94. The number of aryl methyl sites for hydroxylation is 1. The topological polar surface area (TPSA) is 67.4 Å². The largest absolute Gasteiger partial charge is 0.496 e. The Labute approximate surface area is 154 Å². The molecule has 2 aromatic rings. The van der Waals surface area contributed by atoms with E-state index in [1.54, 1.807) is 43.1 Å². The number of sulfonamides is 1. The fourth-order valence-corrected chi connectivity index (χ4v) is 3.88. The molecular weight excluding hydrogens is 356 g/mol. The lowest BCUT2D eigenvalue weighted by Crippen LogP contribution is -2.31. The van der Waals surface area contributed by atoms with Gasteiger partial charge in [0, 0.05) is 24.5 Å². The molecule has 0 amide bonds. The van der Waals surface area contributed by atoms with Crippen LogP contribution in [0, 0.1) is 6.92 Å². The van der Waals surface area contributed by atoms with E-state index in [0.29, 0.717) is 19.6 Å². The summed E-state index contributed by atoms with van der Waals surface area (Å²) in [6.07, 6.45) is 2.01. The molecule has 0 heterocycles. The van der Waals surface area contributed by atoms with E-state index in [2.05, 4.69) is 10.0 Å². The van der Waals surface area contributed by atoms with E-state index in [4.69, 9.17) is 4.74 Å². The molecule has 0 bridgehead atoms. The number of rotatable bonds is 9. The molecule has 0 atom stereocenters. The molecular formula is C18H24N2O3S2. The standard InChI is InChI=1S/C18H24N2O3S2/c1-14-4-7-16(8-5-14)25(21,22)20-11-10-19-13-15-6-9-18(24-3)17(12-15)23-2/h4-9,12,19-20H,10-11,13H2,1-3H3. The van der Waals surface area contributed by atoms with Crippen LogP contribution in [0.3, 0.4) is 0 Å². The Morgan fingerprint density at radius 3 is 2.44 bits per heavy atom. The Balaban J connectivity index is 1.80. The first kappa shape index (κ1) is 19.8. The molecule has 0 saturated heterocycles. The third-order valence-corrected chi connectivity index (χ3v) is 5.96. The van der Waals surface area contributed by atoms with E-state index in [1.807, 2.05) is 31.4 Å². The van der Waals surface area contributed by atoms with Crippen LogP contribution in [0.5, 0.6) is 5.75 Å². The second kappa shape index (κ2) is 9.24. The van der Waals surface area contributed by atoms with Crippen molar-refractivity contribution in [1.82, 2.24) is 10.0 Å². The third-order valence-electron chi connectivity index (χ3n) is 3.70. The lowest BCUT2D eigenvalue weighted by Gasteiger charge is -2.10. The molecule has 0 spiro atoms. The minimum Gasteiger partial charge on any atom is -0.496 e. The quantitative estimate of drug-likeness (QED) is 0.517. The molecule has 0 saturated carbocycles. The van der Waals surface area contributed by atoms with Gasteiger partial charge in [-0.05, 0) is 43.0 Å². The Morgan fingerprint density at radius 2 is 1.80 bits per heavy atom. The van der Waals surface area contributed by atoms with Crippen LogP contribution in [0.15, 0.2) is 52.3 Å². The van der Waals surface area contributed by atoms with E-state index in [0.717, 1.165) is 21.8 Å². The number of methoxy groups -OCH3 is 1. The van der Waals surface area contributed by atoms with Crippen LogP contribution in [0.25, 0.3) is 0 Å². The summed E-state index contributed by atoms with van der Waals surface area (Å²) in [6.45, 7) is 3.44. The van der Waals surface area contributed by atoms with Gasteiger partial charge in [-0.1, -0.05) is 23.8 Å². The second-order valence-electron chi connectivity index (χ2n) is 5.58. The van der Waals surface area contributed by atoms with Gasteiger partial charge in [0.1, 0.15) is 5.75 Å². The van der Waals surface area contributed by atoms with Crippen molar-refractivity contribution in [2.45, 2.75) is 23.3 Å². The predicted octanol–water partition coefficient (Wildman–Crippen LogP) is 2.79. The van der Waals surface area contributed by atoms with Gasteiger partial charge in [0.05, 0.1) is 12.0 Å². The maximum Gasteiger partial charge on any atom is 0.240 e. The van der Waals surface area contributed by atoms with E-state index >= 15 is 0 Å². The number of ether oxygens (including phenoxy) is 1. The van der Waals surface area contributed by atoms with Crippen LogP contribution in [0.4, 0.5) is 0 Å². The van der Waals surface area contributed by atoms with Crippen molar-refractivity contribution < 1.29 is 13.2 Å². The zero-order valence-corrected chi connectivity index (χ0v) is 16.3. The van der Waals surface area contributed by atoms with Gasteiger partial charge in [0.25, 0.3) is 0 Å². The highest BCUT2D eigenvalue weighted by atomic mass is 32.2. The molecule has 0 aliphatic carbocycles. The molecule has 0 fully saturated rings. The summed E-state index contributed by atoms with van der Waals surface area (Å²) in [4.78, 5) is 1.38. The van der Waals surface area contributed by atoms with Gasteiger partial charge in [-0.3, -0.25) is 0 Å². The second-order valence-corrected chi connectivity index (χ2v) is 8.19. The molecule has 2 N–H and O–H groups in total. The van der Waals surface area contributed by atoms with Crippen molar-refractivity contribution in [2.24, 2.45) is 0 Å². The van der Waals surface area contributed by atoms with Gasteiger partial charge in [-0.15, -0.1) is 11.8 Å². The minimum atomic E-state index is -3.45. The van der Waals surface area contributed by atoms with Gasteiger partial charge in [-0.25, -0.2) is 13.1 Å². The van der Waals surface area contributed by atoms with Crippen molar-refractivity contribution in [3.63, 3.8) is 0 Å². The van der Waals surface area contributed by atoms with Crippen molar-refractivity contribution >= 4 is 21.8 Å². The van der Waals surface area contributed by atoms with E-state index in [-0.39, 0.29) is 4.90 Å². The van der Waals surface area contributed by atoms with Crippen LogP contribution >= 0.6 is 11.8 Å². The van der Waals surface area contributed by atoms with Crippen LogP contribution in [0.1, 0.15) is 11.1 Å². The Kier molecular flexibility index (Phi) is 7.31. The molecule has 2 rings (SSSR count). The average molecular weight is 381 g/mol. The molecule has 0 unspecified atom stereocenters. The van der Waals surface area contributed by atoms with Gasteiger partial charge in [-0.2, -0.15) is 0 Å². The maximum atomic E-state index is 12.2. The average Bonchev–Trinajstić information content (AvgIpc) is 2.61. The van der Waals surface area contributed by atoms with E-state index in [9.17, 15) is 8.42 Å². The first-order chi connectivity index (χ1) is 12.0. The maximum absolute atomic E-state index is 12.2. The summed E-state index contributed by atoms with van der Waals surface area (Å²) in [5.41, 5.74) is 2.12. The summed E-state index contributed by atoms with van der Waals surface area (Å²) < 4.78 is 32.3.